The number of rotatable bonds is 7. The van der Waals surface area contributed by atoms with E-state index in [2.05, 4.69) is 0 Å². The molecule has 0 bridgehead atoms. The normalized spacial score (nSPS) is 18.1. The predicted molar refractivity (Wildman–Crippen MR) is 146 cm³/mol. The Hall–Kier alpha value is -4.66. The summed E-state index contributed by atoms with van der Waals surface area (Å²) in [4.78, 5) is 30.2. The molecule has 1 atom stereocenters. The molecular weight excluding hydrogens is 500 g/mol. The smallest absolute Gasteiger partial charge is 0.295 e. The molecule has 1 amide bonds. The molecule has 3 aromatic carbocycles. The molecule has 0 spiro atoms. The molecule has 202 valence electrons. The Labute approximate surface area is 226 Å². The van der Waals surface area contributed by atoms with E-state index < -0.39 is 17.7 Å². The number of ketones is 1. The van der Waals surface area contributed by atoms with Crippen LogP contribution >= 0.6 is 0 Å². The zero-order chi connectivity index (χ0) is 27.7. The molecule has 1 fully saturated rings. The van der Waals surface area contributed by atoms with Crippen molar-refractivity contribution < 1.29 is 34.0 Å². The summed E-state index contributed by atoms with van der Waals surface area (Å²) in [6.45, 7) is 1.45. The number of hydrogen-bond acceptors (Lipinski definition) is 8. The second kappa shape index (κ2) is 10.6. The number of anilines is 1. The maximum atomic E-state index is 13.4. The number of amides is 1. The number of methoxy groups -OCH3 is 2. The molecule has 5 rings (SSSR count). The van der Waals surface area contributed by atoms with E-state index in [1.807, 2.05) is 24.1 Å². The monoisotopic (exact) mass is 530 g/mol. The van der Waals surface area contributed by atoms with Gasteiger partial charge in [-0.3, -0.25) is 9.59 Å². The summed E-state index contributed by atoms with van der Waals surface area (Å²) in [6.07, 6.45) is 0.434. The van der Waals surface area contributed by atoms with E-state index in [9.17, 15) is 19.8 Å². The van der Waals surface area contributed by atoms with Crippen molar-refractivity contribution in [1.29, 1.82) is 0 Å². The number of aliphatic hydroxyl groups is 1. The molecule has 3 aromatic rings. The minimum Gasteiger partial charge on any atom is -0.508 e. The summed E-state index contributed by atoms with van der Waals surface area (Å²) in [6, 6.07) is 16.1. The Morgan fingerprint density at radius 2 is 1.74 bits per heavy atom. The van der Waals surface area contributed by atoms with Crippen LogP contribution in [0, 0.1) is 0 Å². The molecule has 0 saturated carbocycles. The summed E-state index contributed by atoms with van der Waals surface area (Å²) in [5, 5.41) is 21.3. The highest BCUT2D eigenvalue weighted by molar-refractivity contribution is 6.46. The van der Waals surface area contributed by atoms with Crippen LogP contribution in [0.1, 0.15) is 22.7 Å². The number of nitrogens with zero attached hydrogens (tertiary/aromatic N) is 2. The van der Waals surface area contributed by atoms with Crippen molar-refractivity contribution in [2.24, 2.45) is 0 Å². The molecule has 39 heavy (non-hydrogen) atoms. The highest BCUT2D eigenvalue weighted by Gasteiger charge is 2.46. The summed E-state index contributed by atoms with van der Waals surface area (Å²) in [7, 11) is 5.03. The molecule has 2 aliphatic heterocycles. The van der Waals surface area contributed by atoms with Crippen molar-refractivity contribution in [2.45, 2.75) is 12.5 Å². The van der Waals surface area contributed by atoms with Gasteiger partial charge in [0, 0.05) is 19.2 Å². The fraction of sp³-hybridized carbons (Fsp3) is 0.267. The fourth-order valence-corrected chi connectivity index (χ4v) is 5.05. The summed E-state index contributed by atoms with van der Waals surface area (Å²) in [5.74, 6) is 0.167. The number of ether oxygens (including phenoxy) is 3. The number of phenolic OH excluding ortho intramolecular Hbond substituents is 1. The zero-order valence-corrected chi connectivity index (χ0v) is 22.0. The van der Waals surface area contributed by atoms with Gasteiger partial charge in [-0.2, -0.15) is 0 Å². The minimum atomic E-state index is -0.837. The molecule has 9 heteroatoms. The van der Waals surface area contributed by atoms with Crippen LogP contribution in [0.25, 0.3) is 5.76 Å². The van der Waals surface area contributed by atoms with Gasteiger partial charge in [-0.1, -0.05) is 18.2 Å². The van der Waals surface area contributed by atoms with Crippen molar-refractivity contribution in [1.82, 2.24) is 4.90 Å². The van der Waals surface area contributed by atoms with E-state index in [4.69, 9.17) is 14.2 Å². The molecular formula is C30H30N2O7. The van der Waals surface area contributed by atoms with Crippen LogP contribution in [-0.2, 0) is 16.0 Å². The summed E-state index contributed by atoms with van der Waals surface area (Å²) >= 11 is 0. The average Bonchev–Trinajstić information content (AvgIpc) is 3.21. The Balaban J connectivity index is 1.54. The molecule has 2 N–H and O–H groups in total. The van der Waals surface area contributed by atoms with E-state index in [0.717, 1.165) is 11.3 Å². The zero-order valence-electron chi connectivity index (χ0n) is 22.0. The highest BCUT2D eigenvalue weighted by Crippen LogP contribution is 2.41. The lowest BCUT2D eigenvalue weighted by Gasteiger charge is -2.28. The van der Waals surface area contributed by atoms with Gasteiger partial charge in [0.25, 0.3) is 11.7 Å². The third-order valence-corrected chi connectivity index (χ3v) is 7.17. The van der Waals surface area contributed by atoms with Gasteiger partial charge < -0.3 is 34.2 Å². The van der Waals surface area contributed by atoms with Crippen molar-refractivity contribution in [3.63, 3.8) is 0 Å². The quantitative estimate of drug-likeness (QED) is 0.269. The first kappa shape index (κ1) is 26.0. The van der Waals surface area contributed by atoms with E-state index in [1.54, 1.807) is 50.6 Å². The van der Waals surface area contributed by atoms with Gasteiger partial charge in [-0.05, 0) is 60.0 Å². The number of hydrogen-bond donors (Lipinski definition) is 2. The summed E-state index contributed by atoms with van der Waals surface area (Å²) in [5.41, 5.74) is 2.68. The first-order chi connectivity index (χ1) is 18.8. The number of likely N-dealkylation sites (tertiary alicyclic amines) is 1. The Kier molecular flexibility index (Phi) is 7.06. The van der Waals surface area contributed by atoms with Gasteiger partial charge in [0.1, 0.15) is 23.9 Å². The van der Waals surface area contributed by atoms with Crippen LogP contribution in [0.5, 0.6) is 23.0 Å². The first-order valence-corrected chi connectivity index (χ1v) is 12.6. The van der Waals surface area contributed by atoms with Crippen LogP contribution in [0.2, 0.25) is 0 Å². The van der Waals surface area contributed by atoms with Crippen LogP contribution in [0.3, 0.4) is 0 Å². The van der Waals surface area contributed by atoms with Crippen LogP contribution in [0.4, 0.5) is 5.69 Å². The van der Waals surface area contributed by atoms with E-state index in [-0.39, 0.29) is 23.6 Å². The lowest BCUT2D eigenvalue weighted by molar-refractivity contribution is -0.139. The fourth-order valence-electron chi connectivity index (χ4n) is 5.05. The van der Waals surface area contributed by atoms with Crippen LogP contribution in [-0.4, -0.2) is 67.8 Å². The third-order valence-electron chi connectivity index (χ3n) is 7.17. The number of aromatic hydroxyl groups is 1. The van der Waals surface area contributed by atoms with Gasteiger partial charge in [-0.15, -0.1) is 0 Å². The summed E-state index contributed by atoms with van der Waals surface area (Å²) < 4.78 is 16.4. The minimum absolute atomic E-state index is 0.00247. The molecule has 0 radical (unpaired) electrons. The maximum absolute atomic E-state index is 13.4. The molecule has 9 nitrogen and oxygen atoms in total. The maximum Gasteiger partial charge on any atom is 0.295 e. The SMILES string of the molecule is COc1ccc(CCN2C(=O)C(=O)/C(=C(\O)c3ccc4c(c3)N(C)CCO4)C2c2ccc(O)cc2)cc1OC. The molecule has 0 aliphatic carbocycles. The van der Waals surface area contributed by atoms with Crippen molar-refractivity contribution in [3.8, 4) is 23.0 Å². The number of fused-ring (bicyclic) bond motifs is 1. The van der Waals surface area contributed by atoms with Gasteiger partial charge in [-0.25, -0.2) is 0 Å². The third kappa shape index (κ3) is 4.83. The van der Waals surface area contributed by atoms with Gasteiger partial charge in [0.05, 0.1) is 38.1 Å². The number of aliphatic hydroxyl groups excluding tert-OH is 1. The Morgan fingerprint density at radius 3 is 2.46 bits per heavy atom. The number of carbonyl (C=O) groups is 2. The number of Topliss-reactive ketones (excluding diaryl/α,β-unsaturated/α-hetero) is 1. The lowest BCUT2D eigenvalue weighted by atomic mass is 9.94. The largest absolute Gasteiger partial charge is 0.508 e. The van der Waals surface area contributed by atoms with Gasteiger partial charge in [0.15, 0.2) is 11.5 Å². The van der Waals surface area contributed by atoms with E-state index >= 15 is 0 Å². The topological polar surface area (TPSA) is 109 Å². The van der Waals surface area contributed by atoms with Crippen molar-refractivity contribution in [2.75, 3.05) is 45.9 Å². The standard InChI is InChI=1S/C30H30N2O7/c1-31-14-15-39-23-11-7-20(17-22(23)31)28(34)26-27(19-5-8-21(33)9-6-19)32(30(36)29(26)35)13-12-18-4-10-24(37-2)25(16-18)38-3/h4-11,16-17,27,33-34H,12-15H2,1-3H3/b28-26-. The van der Waals surface area contributed by atoms with Gasteiger partial charge in [0.2, 0.25) is 0 Å². The second-order valence-corrected chi connectivity index (χ2v) is 9.48. The molecule has 0 aromatic heterocycles. The second-order valence-electron chi connectivity index (χ2n) is 9.48. The average molecular weight is 531 g/mol. The van der Waals surface area contributed by atoms with Crippen LogP contribution < -0.4 is 19.1 Å². The molecule has 2 aliphatic rings. The number of phenols is 1. The molecule has 1 unspecified atom stereocenters. The Morgan fingerprint density at radius 1 is 1.00 bits per heavy atom. The molecule has 2 heterocycles. The highest BCUT2D eigenvalue weighted by atomic mass is 16.5. The van der Waals surface area contributed by atoms with Crippen molar-refractivity contribution in [3.05, 3.63) is 82.9 Å². The number of benzene rings is 3. The predicted octanol–water partition coefficient (Wildman–Crippen LogP) is 3.90. The Bertz CT molecular complexity index is 1450. The van der Waals surface area contributed by atoms with E-state index in [1.165, 1.54) is 17.0 Å². The van der Waals surface area contributed by atoms with E-state index in [0.29, 0.717) is 47.9 Å². The van der Waals surface area contributed by atoms with Crippen LogP contribution in [0.15, 0.2) is 66.2 Å². The van der Waals surface area contributed by atoms with Gasteiger partial charge >= 0.3 is 0 Å². The number of carbonyl (C=O) groups excluding carboxylic acids is 2. The first-order valence-electron chi connectivity index (χ1n) is 12.6. The lowest BCUT2D eigenvalue weighted by Crippen LogP contribution is -2.31. The van der Waals surface area contributed by atoms with Crippen molar-refractivity contribution >= 4 is 23.1 Å². The number of likely N-dealkylation sites (N-methyl/N-ethyl adjacent to an activating group) is 1. The molecule has 1 saturated heterocycles.